The Balaban J connectivity index is 2.94. The minimum absolute atomic E-state index is 0.226. The molecular formula is C9H10F3N3O2S. The van der Waals surface area contributed by atoms with Gasteiger partial charge in [-0.05, 0) is 31.2 Å². The predicted molar refractivity (Wildman–Crippen MR) is 60.3 cm³/mol. The number of nitrogens with two attached hydrogens (primary N) is 1. The van der Waals surface area contributed by atoms with Gasteiger partial charge in [0, 0.05) is 5.69 Å². The highest BCUT2D eigenvalue weighted by atomic mass is 32.2. The van der Waals surface area contributed by atoms with Gasteiger partial charge in [0.15, 0.2) is 0 Å². The molecule has 1 aromatic carbocycles. The van der Waals surface area contributed by atoms with Gasteiger partial charge in [-0.15, -0.1) is 0 Å². The van der Waals surface area contributed by atoms with Crippen molar-refractivity contribution in [2.45, 2.75) is 18.0 Å². The van der Waals surface area contributed by atoms with Gasteiger partial charge in [-0.1, -0.05) is 0 Å². The Morgan fingerprint density at radius 2 is 1.78 bits per heavy atom. The van der Waals surface area contributed by atoms with Gasteiger partial charge in [0.05, 0.1) is 4.90 Å². The van der Waals surface area contributed by atoms with Crippen LogP contribution in [0.1, 0.15) is 6.92 Å². The highest BCUT2D eigenvalue weighted by Gasteiger charge is 2.32. The largest absolute Gasteiger partial charge is 0.430 e. The molecule has 0 aliphatic rings. The van der Waals surface area contributed by atoms with Gasteiger partial charge in [-0.25, -0.2) is 0 Å². The number of nitrogen functional groups attached to an aromatic ring is 1. The van der Waals surface area contributed by atoms with Crippen LogP contribution in [0.3, 0.4) is 0 Å². The summed E-state index contributed by atoms with van der Waals surface area (Å²) in [6.07, 6.45) is -4.68. The second-order valence-electron chi connectivity index (χ2n) is 3.36. The van der Waals surface area contributed by atoms with Crippen LogP contribution in [0.2, 0.25) is 0 Å². The maximum absolute atomic E-state index is 12.1. The minimum atomic E-state index is -4.68. The number of rotatable bonds is 3. The molecule has 0 aliphatic heterocycles. The molecule has 9 heteroatoms. The molecule has 0 fully saturated rings. The zero-order valence-electron chi connectivity index (χ0n) is 9.19. The molecule has 0 bridgehead atoms. The van der Waals surface area contributed by atoms with E-state index in [1.807, 2.05) is 0 Å². The van der Waals surface area contributed by atoms with Crippen LogP contribution in [0, 0.1) is 0 Å². The zero-order chi connectivity index (χ0) is 14.0. The van der Waals surface area contributed by atoms with Gasteiger partial charge in [0.1, 0.15) is 5.71 Å². The summed E-state index contributed by atoms with van der Waals surface area (Å²) in [6.45, 7) is 0.658. The van der Waals surface area contributed by atoms with Gasteiger partial charge in [0.25, 0.3) is 10.0 Å². The molecule has 0 saturated heterocycles. The first-order valence-corrected chi connectivity index (χ1v) is 6.10. The van der Waals surface area contributed by atoms with E-state index in [1.165, 1.54) is 17.0 Å². The van der Waals surface area contributed by atoms with Crippen LogP contribution in [0.25, 0.3) is 0 Å². The Kier molecular flexibility index (Phi) is 3.85. The highest BCUT2D eigenvalue weighted by Crippen LogP contribution is 2.17. The second kappa shape index (κ2) is 4.84. The first-order chi connectivity index (χ1) is 8.13. The lowest BCUT2D eigenvalue weighted by Gasteiger charge is -2.07. The fraction of sp³-hybridized carbons (Fsp3) is 0.222. The van der Waals surface area contributed by atoms with E-state index in [-0.39, 0.29) is 4.90 Å². The van der Waals surface area contributed by atoms with Crippen LogP contribution in [-0.2, 0) is 10.0 Å². The van der Waals surface area contributed by atoms with Crippen molar-refractivity contribution >= 4 is 21.4 Å². The Morgan fingerprint density at radius 3 is 2.22 bits per heavy atom. The molecule has 18 heavy (non-hydrogen) atoms. The van der Waals surface area contributed by atoms with E-state index in [1.54, 1.807) is 0 Å². The van der Waals surface area contributed by atoms with Crippen LogP contribution in [0.5, 0.6) is 0 Å². The zero-order valence-corrected chi connectivity index (χ0v) is 10.0. The van der Waals surface area contributed by atoms with Crippen molar-refractivity contribution in [1.29, 1.82) is 0 Å². The average molecular weight is 281 g/mol. The lowest BCUT2D eigenvalue weighted by Crippen LogP contribution is -2.26. The summed E-state index contributed by atoms with van der Waals surface area (Å²) >= 11 is 0. The average Bonchev–Trinajstić information content (AvgIpc) is 2.25. The monoisotopic (exact) mass is 281 g/mol. The van der Waals surface area contributed by atoms with Gasteiger partial charge in [-0.3, -0.25) is 0 Å². The molecule has 0 aromatic heterocycles. The quantitative estimate of drug-likeness (QED) is 0.500. The topological polar surface area (TPSA) is 84.5 Å². The molecule has 1 rings (SSSR count). The predicted octanol–water partition coefficient (Wildman–Crippen LogP) is 1.49. The molecule has 0 amide bonds. The molecule has 0 unspecified atom stereocenters. The van der Waals surface area contributed by atoms with Crippen molar-refractivity contribution in [3.63, 3.8) is 0 Å². The number of nitrogens with one attached hydrogen (secondary N) is 1. The third-order valence-electron chi connectivity index (χ3n) is 1.93. The molecular weight excluding hydrogens is 271 g/mol. The summed E-state index contributed by atoms with van der Waals surface area (Å²) in [5.41, 5.74) is 4.40. The molecule has 100 valence electrons. The van der Waals surface area contributed by atoms with E-state index in [0.29, 0.717) is 12.6 Å². The van der Waals surface area contributed by atoms with E-state index < -0.39 is 21.9 Å². The number of alkyl halides is 3. The van der Waals surface area contributed by atoms with Gasteiger partial charge in [0.2, 0.25) is 0 Å². The number of anilines is 1. The third-order valence-corrected chi connectivity index (χ3v) is 3.16. The maximum Gasteiger partial charge on any atom is 0.430 e. The molecule has 0 spiro atoms. The summed E-state index contributed by atoms with van der Waals surface area (Å²) in [6, 6.07) is 4.95. The number of hydrazone groups is 1. The molecule has 0 atom stereocenters. The second-order valence-corrected chi connectivity index (χ2v) is 5.02. The first kappa shape index (κ1) is 14.3. The Bertz CT molecular complexity index is 549. The summed E-state index contributed by atoms with van der Waals surface area (Å²) < 4.78 is 59.4. The van der Waals surface area contributed by atoms with Crippen molar-refractivity contribution in [3.05, 3.63) is 24.3 Å². The lowest BCUT2D eigenvalue weighted by atomic mass is 10.3. The molecule has 0 saturated carbocycles. The van der Waals surface area contributed by atoms with Crippen LogP contribution < -0.4 is 10.6 Å². The molecule has 5 nitrogen and oxygen atoms in total. The molecule has 0 aliphatic carbocycles. The molecule has 0 heterocycles. The highest BCUT2D eigenvalue weighted by molar-refractivity contribution is 7.89. The standard InChI is InChI=1S/C9H10F3N3O2S/c1-6(9(10,11)12)14-15-18(16,17)8-4-2-7(13)3-5-8/h2-5,15H,13H2,1H3. The molecule has 0 radical (unpaired) electrons. The van der Waals surface area contributed by atoms with Crippen LogP contribution in [0.15, 0.2) is 34.3 Å². The summed E-state index contributed by atoms with van der Waals surface area (Å²) in [7, 11) is -4.13. The first-order valence-electron chi connectivity index (χ1n) is 4.62. The fourth-order valence-corrected chi connectivity index (χ4v) is 1.75. The number of sulfonamides is 1. The van der Waals surface area contributed by atoms with Crippen molar-refractivity contribution in [2.75, 3.05) is 5.73 Å². The number of nitrogens with zero attached hydrogens (tertiary/aromatic N) is 1. The van der Waals surface area contributed by atoms with Crippen LogP contribution in [-0.4, -0.2) is 20.3 Å². The number of halogens is 3. The summed E-state index contributed by atoms with van der Waals surface area (Å²) in [4.78, 5) is 1.27. The normalized spacial score (nSPS) is 13.4. The Labute approximate surface area is 102 Å². The minimum Gasteiger partial charge on any atom is -0.399 e. The van der Waals surface area contributed by atoms with Crippen molar-refractivity contribution in [1.82, 2.24) is 4.83 Å². The van der Waals surface area contributed by atoms with Crippen molar-refractivity contribution < 1.29 is 21.6 Å². The van der Waals surface area contributed by atoms with Gasteiger partial charge < -0.3 is 5.73 Å². The lowest BCUT2D eigenvalue weighted by molar-refractivity contribution is -0.0594. The molecule has 1 aromatic rings. The van der Waals surface area contributed by atoms with Crippen molar-refractivity contribution in [2.24, 2.45) is 5.10 Å². The molecule has 3 N–H and O–H groups in total. The van der Waals surface area contributed by atoms with E-state index in [2.05, 4.69) is 5.10 Å². The van der Waals surface area contributed by atoms with Crippen molar-refractivity contribution in [3.8, 4) is 0 Å². The van der Waals surface area contributed by atoms with Gasteiger partial charge >= 0.3 is 6.18 Å². The van der Waals surface area contributed by atoms with Gasteiger partial charge in [-0.2, -0.15) is 31.5 Å². The van der Waals surface area contributed by atoms with E-state index in [9.17, 15) is 21.6 Å². The maximum atomic E-state index is 12.1. The number of benzene rings is 1. The van der Waals surface area contributed by atoms with E-state index in [0.717, 1.165) is 12.1 Å². The van der Waals surface area contributed by atoms with Crippen LogP contribution >= 0.6 is 0 Å². The third kappa shape index (κ3) is 3.62. The smallest absolute Gasteiger partial charge is 0.399 e. The summed E-state index contributed by atoms with van der Waals surface area (Å²) in [5, 5.41) is 2.79. The van der Waals surface area contributed by atoms with E-state index >= 15 is 0 Å². The number of hydrogen-bond donors (Lipinski definition) is 2. The Hall–Kier alpha value is -1.77. The number of hydrogen-bond acceptors (Lipinski definition) is 4. The SMILES string of the molecule is CC(=NNS(=O)(=O)c1ccc(N)cc1)C(F)(F)F. The fourth-order valence-electron chi connectivity index (χ4n) is 0.892. The Morgan fingerprint density at radius 1 is 1.28 bits per heavy atom. The summed E-state index contributed by atoms with van der Waals surface area (Å²) in [5.74, 6) is 0. The van der Waals surface area contributed by atoms with Crippen LogP contribution in [0.4, 0.5) is 18.9 Å². The van der Waals surface area contributed by atoms with E-state index in [4.69, 9.17) is 5.73 Å².